The number of carboxylic acid groups (broad SMARTS) is 3. The molecule has 1 spiro atoms. The zero-order valence-corrected chi connectivity index (χ0v) is 25.8. The van der Waals surface area contributed by atoms with Crippen molar-refractivity contribution in [2.24, 2.45) is 5.41 Å². The third-order valence-electron chi connectivity index (χ3n) is 7.96. The molecule has 2 saturated carbocycles. The number of carboxylic acids is 3. The lowest BCUT2D eigenvalue weighted by Crippen LogP contribution is -2.45. The normalized spacial score (nSPS) is 18.7. The number of hydrogen-bond acceptors (Lipinski definition) is 8. The first-order valence-corrected chi connectivity index (χ1v) is 14.4. The van der Waals surface area contributed by atoms with Crippen LogP contribution in [0.2, 0.25) is 0 Å². The molecule has 6 rings (SSSR count). The van der Waals surface area contributed by atoms with Crippen molar-refractivity contribution in [1.82, 2.24) is 25.5 Å². The molecule has 0 radical (unpaired) electrons. The fourth-order valence-electron chi connectivity index (χ4n) is 4.88. The number of hydrogen-bond donors (Lipinski definition) is 5. The maximum absolute atomic E-state index is 13.6. The van der Waals surface area contributed by atoms with Crippen molar-refractivity contribution in [3.05, 3.63) is 36.2 Å². The molecule has 52 heavy (non-hydrogen) atoms. The molecular formula is C28H25F12N5O7. The van der Waals surface area contributed by atoms with E-state index in [0.717, 1.165) is 19.5 Å². The van der Waals surface area contributed by atoms with Gasteiger partial charge in [0.25, 0.3) is 0 Å². The number of aromatic nitrogens is 4. The van der Waals surface area contributed by atoms with Gasteiger partial charge in [-0.25, -0.2) is 19.4 Å². The van der Waals surface area contributed by atoms with E-state index in [0.29, 0.717) is 28.2 Å². The van der Waals surface area contributed by atoms with Gasteiger partial charge < -0.3 is 25.4 Å². The molecule has 288 valence electrons. The van der Waals surface area contributed by atoms with Crippen LogP contribution in [-0.4, -0.2) is 97.3 Å². The maximum Gasteiger partial charge on any atom is 0.490 e. The molecule has 3 aliphatic rings. The SMILES string of the molecule is FC(F)(F)C1(c2ccc3[nH]nc(-c4cncc(O[C@H]5CNCCC56CC6)n4)c3c2)CC1.O=C(O)C(F)(F)F.O=C(O)C(F)(F)F.O=C(O)C(F)(F)F. The van der Waals surface area contributed by atoms with Gasteiger partial charge in [0.1, 0.15) is 17.5 Å². The molecule has 0 bridgehead atoms. The molecule has 0 unspecified atom stereocenters. The first-order valence-electron chi connectivity index (χ1n) is 14.4. The van der Waals surface area contributed by atoms with Crippen molar-refractivity contribution in [2.75, 3.05) is 13.1 Å². The summed E-state index contributed by atoms with van der Waals surface area (Å²) in [5, 5.41) is 32.6. The number of aromatic amines is 1. The lowest BCUT2D eigenvalue weighted by molar-refractivity contribution is -0.193. The second-order valence-corrected chi connectivity index (χ2v) is 11.5. The summed E-state index contributed by atoms with van der Waals surface area (Å²) in [7, 11) is 0. The van der Waals surface area contributed by atoms with Gasteiger partial charge in [0.2, 0.25) is 5.88 Å². The fraction of sp³-hybridized carbons (Fsp3) is 0.500. The lowest BCUT2D eigenvalue weighted by Gasteiger charge is -2.32. The number of rotatable bonds is 4. The van der Waals surface area contributed by atoms with Gasteiger partial charge in [-0.3, -0.25) is 10.1 Å². The first kappa shape index (κ1) is 41.5. The van der Waals surface area contributed by atoms with Crippen LogP contribution in [0.25, 0.3) is 22.3 Å². The van der Waals surface area contributed by atoms with E-state index in [9.17, 15) is 52.7 Å². The smallest absolute Gasteiger partial charge is 0.475 e. The second kappa shape index (κ2) is 15.0. The standard InChI is InChI=1S/C22H22F3N5O.3C2HF3O2/c23-22(24,25)21(5-6-21)13-1-2-15-14(9-13)19(30-29-15)16-10-27-12-18(28-16)31-17-11-26-8-7-20(17)3-4-20;3*3-2(4,5)1(6)7/h1-2,9-10,12,17,26H,3-8,11H2,(H,29,30);3*(H,6,7)/t17-;;;/m0.../s1. The van der Waals surface area contributed by atoms with E-state index in [1.54, 1.807) is 30.6 Å². The van der Waals surface area contributed by atoms with Crippen LogP contribution < -0.4 is 10.1 Å². The van der Waals surface area contributed by atoms with Crippen LogP contribution in [0.3, 0.4) is 0 Å². The molecule has 12 nitrogen and oxygen atoms in total. The third kappa shape index (κ3) is 10.3. The fourth-order valence-corrected chi connectivity index (χ4v) is 4.88. The van der Waals surface area contributed by atoms with Crippen LogP contribution in [0.4, 0.5) is 52.7 Å². The number of benzene rings is 1. The molecule has 1 saturated heterocycles. The summed E-state index contributed by atoms with van der Waals surface area (Å²) < 4.78 is 142. The molecule has 1 aliphatic heterocycles. The monoisotopic (exact) mass is 771 g/mol. The van der Waals surface area contributed by atoms with Crippen LogP contribution in [-0.2, 0) is 19.8 Å². The zero-order valence-electron chi connectivity index (χ0n) is 25.8. The summed E-state index contributed by atoms with van der Waals surface area (Å²) in [5.41, 5.74) is 0.409. The van der Waals surface area contributed by atoms with Gasteiger partial charge in [-0.05, 0) is 56.3 Å². The Morgan fingerprint density at radius 2 is 1.29 bits per heavy atom. The van der Waals surface area contributed by atoms with Crippen molar-refractivity contribution in [3.8, 4) is 17.3 Å². The summed E-state index contributed by atoms with van der Waals surface area (Å²) in [4.78, 5) is 35.5. The van der Waals surface area contributed by atoms with Crippen LogP contribution in [0.5, 0.6) is 5.88 Å². The Hall–Kier alpha value is -4.90. The molecule has 3 fully saturated rings. The van der Waals surface area contributed by atoms with Gasteiger partial charge in [-0.2, -0.15) is 57.8 Å². The molecular weight excluding hydrogens is 746 g/mol. The number of carbonyl (C=O) groups is 3. The minimum absolute atomic E-state index is 0.0508. The van der Waals surface area contributed by atoms with E-state index in [4.69, 9.17) is 34.4 Å². The molecule has 0 amide bonds. The highest BCUT2D eigenvalue weighted by Gasteiger charge is 2.64. The second-order valence-electron chi connectivity index (χ2n) is 11.5. The maximum atomic E-state index is 13.6. The summed E-state index contributed by atoms with van der Waals surface area (Å²) in [5.74, 6) is -7.86. The Bertz CT molecular complexity index is 1690. The van der Waals surface area contributed by atoms with Crippen molar-refractivity contribution in [3.63, 3.8) is 0 Å². The number of H-pyrrole nitrogens is 1. The van der Waals surface area contributed by atoms with Gasteiger partial charge in [0.15, 0.2) is 0 Å². The highest BCUT2D eigenvalue weighted by atomic mass is 19.4. The molecule has 5 N–H and O–H groups in total. The number of nitrogens with one attached hydrogen (secondary N) is 2. The molecule has 1 atom stereocenters. The highest BCUT2D eigenvalue weighted by molar-refractivity contribution is 5.92. The van der Waals surface area contributed by atoms with Crippen molar-refractivity contribution in [1.29, 1.82) is 0 Å². The van der Waals surface area contributed by atoms with E-state index >= 15 is 0 Å². The Balaban J connectivity index is 0.000000285. The molecule has 24 heteroatoms. The van der Waals surface area contributed by atoms with Gasteiger partial charge in [0.05, 0.1) is 23.3 Å². The number of piperidine rings is 1. The third-order valence-corrected chi connectivity index (χ3v) is 7.96. The average molecular weight is 772 g/mol. The predicted octanol–water partition coefficient (Wildman–Crippen LogP) is 6.03. The molecule has 1 aromatic carbocycles. The Labute approximate surface area is 282 Å². The highest BCUT2D eigenvalue weighted by Crippen LogP contribution is 2.59. The van der Waals surface area contributed by atoms with E-state index < -0.39 is 48.0 Å². The summed E-state index contributed by atoms with van der Waals surface area (Å²) in [6.45, 7) is 1.78. The number of fused-ring (bicyclic) bond motifs is 1. The van der Waals surface area contributed by atoms with Crippen LogP contribution in [0.1, 0.15) is 37.7 Å². The van der Waals surface area contributed by atoms with E-state index in [1.807, 2.05) is 0 Å². The summed E-state index contributed by atoms with van der Waals surface area (Å²) in [6, 6.07) is 4.79. The van der Waals surface area contributed by atoms with Crippen LogP contribution in [0, 0.1) is 5.41 Å². The van der Waals surface area contributed by atoms with Gasteiger partial charge in [-0.15, -0.1) is 0 Å². The van der Waals surface area contributed by atoms with Gasteiger partial charge in [0, 0.05) is 17.3 Å². The minimum atomic E-state index is -5.08. The van der Waals surface area contributed by atoms with Crippen molar-refractivity contribution >= 4 is 28.8 Å². The summed E-state index contributed by atoms with van der Waals surface area (Å²) >= 11 is 0. The quantitative estimate of drug-likeness (QED) is 0.195. The van der Waals surface area contributed by atoms with E-state index in [-0.39, 0.29) is 29.9 Å². The molecule has 3 heterocycles. The lowest BCUT2D eigenvalue weighted by atomic mass is 9.92. The van der Waals surface area contributed by atoms with Gasteiger partial charge in [-0.1, -0.05) is 6.07 Å². The number of alkyl halides is 12. The Morgan fingerprint density at radius 3 is 1.73 bits per heavy atom. The number of nitrogens with zero attached hydrogens (tertiary/aromatic N) is 3. The van der Waals surface area contributed by atoms with Gasteiger partial charge >= 0.3 is 42.6 Å². The van der Waals surface area contributed by atoms with E-state index in [1.165, 1.54) is 12.8 Å². The molecule has 2 aromatic heterocycles. The number of aliphatic carboxylic acids is 3. The molecule has 3 aromatic rings. The first-order chi connectivity index (χ1) is 23.7. The van der Waals surface area contributed by atoms with E-state index in [2.05, 4.69) is 25.5 Å². The minimum Gasteiger partial charge on any atom is -0.475 e. The summed E-state index contributed by atoms with van der Waals surface area (Å²) in [6.07, 6.45) is -12.6. The van der Waals surface area contributed by atoms with Crippen molar-refractivity contribution in [2.45, 2.75) is 68.3 Å². The topological polar surface area (TPSA) is 188 Å². The number of ether oxygens (including phenoxy) is 1. The Morgan fingerprint density at radius 1 is 0.769 bits per heavy atom. The van der Waals surface area contributed by atoms with Crippen molar-refractivity contribution < 1.29 is 87.1 Å². The largest absolute Gasteiger partial charge is 0.490 e. The molecule has 2 aliphatic carbocycles. The Kier molecular flexibility index (Phi) is 12.0. The zero-order chi connectivity index (χ0) is 39.5. The van der Waals surface area contributed by atoms with Crippen LogP contribution >= 0.6 is 0 Å². The predicted molar refractivity (Wildman–Crippen MR) is 149 cm³/mol. The number of halogens is 12. The van der Waals surface area contributed by atoms with Crippen LogP contribution in [0.15, 0.2) is 30.6 Å². The average Bonchev–Trinajstić information content (AvgIpc) is 3.95.